The third-order valence-corrected chi connectivity index (χ3v) is 6.14. The average Bonchev–Trinajstić information content (AvgIpc) is 3.21. The SMILES string of the molecule is Cc1noc(C)c1NC(=O)N1CCC2(CCN(Cc3ccccc3)C2)CC1. The zero-order valence-electron chi connectivity index (χ0n) is 16.2. The van der Waals surface area contributed by atoms with Gasteiger partial charge in [-0.2, -0.15) is 0 Å². The van der Waals surface area contributed by atoms with E-state index in [0.29, 0.717) is 16.9 Å². The van der Waals surface area contributed by atoms with Gasteiger partial charge in [0.1, 0.15) is 11.4 Å². The summed E-state index contributed by atoms with van der Waals surface area (Å²) in [5, 5.41) is 6.87. The molecule has 1 aromatic carbocycles. The van der Waals surface area contributed by atoms with E-state index in [1.54, 1.807) is 0 Å². The Morgan fingerprint density at radius 1 is 1.15 bits per heavy atom. The fraction of sp³-hybridized carbons (Fsp3) is 0.524. The van der Waals surface area contributed by atoms with Crippen LogP contribution in [-0.4, -0.2) is 47.2 Å². The number of carbonyl (C=O) groups excluding carboxylic acids is 1. The molecule has 6 nitrogen and oxygen atoms in total. The van der Waals surface area contributed by atoms with Crippen LogP contribution in [0.15, 0.2) is 34.9 Å². The first kappa shape index (κ1) is 18.0. The molecule has 0 atom stereocenters. The summed E-state index contributed by atoms with van der Waals surface area (Å²) in [6.45, 7) is 8.61. The van der Waals surface area contributed by atoms with Gasteiger partial charge in [0, 0.05) is 26.2 Å². The second-order valence-corrected chi connectivity index (χ2v) is 8.06. The van der Waals surface area contributed by atoms with Crippen molar-refractivity contribution < 1.29 is 9.32 Å². The number of carbonyl (C=O) groups is 1. The van der Waals surface area contributed by atoms with Crippen molar-refractivity contribution >= 4 is 11.7 Å². The molecule has 2 fully saturated rings. The van der Waals surface area contributed by atoms with Gasteiger partial charge in [0.2, 0.25) is 0 Å². The molecular formula is C21H28N4O2. The van der Waals surface area contributed by atoms with E-state index >= 15 is 0 Å². The lowest BCUT2D eigenvalue weighted by molar-refractivity contribution is 0.124. The third-order valence-electron chi connectivity index (χ3n) is 6.14. The summed E-state index contributed by atoms with van der Waals surface area (Å²) in [5.41, 5.74) is 3.18. The van der Waals surface area contributed by atoms with Crippen molar-refractivity contribution in [2.24, 2.45) is 5.41 Å². The van der Waals surface area contributed by atoms with Crippen LogP contribution < -0.4 is 5.32 Å². The van der Waals surface area contributed by atoms with Crippen LogP contribution >= 0.6 is 0 Å². The number of rotatable bonds is 3. The molecule has 0 bridgehead atoms. The molecule has 0 unspecified atom stereocenters. The molecular weight excluding hydrogens is 340 g/mol. The molecule has 0 saturated carbocycles. The molecule has 2 aromatic rings. The molecule has 4 rings (SSSR count). The summed E-state index contributed by atoms with van der Waals surface area (Å²) in [5.74, 6) is 0.654. The first-order valence-corrected chi connectivity index (χ1v) is 9.80. The number of hydrogen-bond acceptors (Lipinski definition) is 4. The van der Waals surface area contributed by atoms with Gasteiger partial charge in [0.25, 0.3) is 0 Å². The third kappa shape index (κ3) is 3.86. The monoisotopic (exact) mass is 368 g/mol. The van der Waals surface area contributed by atoms with Crippen molar-refractivity contribution in [1.82, 2.24) is 15.0 Å². The van der Waals surface area contributed by atoms with Gasteiger partial charge in [-0.1, -0.05) is 35.5 Å². The quantitative estimate of drug-likeness (QED) is 0.895. The Balaban J connectivity index is 1.30. The van der Waals surface area contributed by atoms with Gasteiger partial charge in [-0.05, 0) is 50.6 Å². The Morgan fingerprint density at radius 2 is 1.85 bits per heavy atom. The number of anilines is 1. The zero-order valence-corrected chi connectivity index (χ0v) is 16.2. The molecule has 0 aliphatic carbocycles. The highest BCUT2D eigenvalue weighted by atomic mass is 16.5. The van der Waals surface area contributed by atoms with Crippen LogP contribution in [0.2, 0.25) is 0 Å². The highest BCUT2D eigenvalue weighted by Gasteiger charge is 2.41. The summed E-state index contributed by atoms with van der Waals surface area (Å²) >= 11 is 0. The maximum atomic E-state index is 12.6. The number of aromatic nitrogens is 1. The molecule has 0 radical (unpaired) electrons. The molecule has 2 aliphatic heterocycles. The number of piperidine rings is 1. The molecule has 1 aromatic heterocycles. The van der Waals surface area contributed by atoms with E-state index in [0.717, 1.165) is 51.3 Å². The van der Waals surface area contributed by atoms with Gasteiger partial charge in [-0.25, -0.2) is 4.79 Å². The highest BCUT2D eigenvalue weighted by molar-refractivity contribution is 5.90. The molecule has 2 aliphatic rings. The predicted octanol–water partition coefficient (Wildman–Crippen LogP) is 3.81. The first-order valence-electron chi connectivity index (χ1n) is 9.80. The molecule has 144 valence electrons. The van der Waals surface area contributed by atoms with Crippen molar-refractivity contribution in [3.05, 3.63) is 47.3 Å². The minimum Gasteiger partial charge on any atom is -0.359 e. The predicted molar refractivity (Wildman–Crippen MR) is 105 cm³/mol. The molecule has 1 N–H and O–H groups in total. The van der Waals surface area contributed by atoms with Gasteiger partial charge < -0.3 is 14.7 Å². The Labute approximate surface area is 160 Å². The standard InChI is InChI=1S/C21H28N4O2/c1-16-19(17(2)27-23-16)22-20(26)25-12-9-21(10-13-25)8-11-24(15-21)14-18-6-4-3-5-7-18/h3-7H,8-15H2,1-2H3,(H,22,26). The lowest BCUT2D eigenvalue weighted by Gasteiger charge is -2.39. The number of urea groups is 1. The molecule has 6 heteroatoms. The van der Waals surface area contributed by atoms with Crippen LogP contribution in [0.3, 0.4) is 0 Å². The Bertz CT molecular complexity index is 774. The lowest BCUT2D eigenvalue weighted by atomic mass is 9.78. The van der Waals surface area contributed by atoms with Crippen LogP contribution in [0.5, 0.6) is 0 Å². The van der Waals surface area contributed by atoms with Gasteiger partial charge >= 0.3 is 6.03 Å². The summed E-state index contributed by atoms with van der Waals surface area (Å²) in [7, 11) is 0. The van der Waals surface area contributed by atoms with Crippen LogP contribution in [0.25, 0.3) is 0 Å². The number of amides is 2. The minimum atomic E-state index is -0.0432. The molecule has 3 heterocycles. The first-order chi connectivity index (χ1) is 13.0. The number of aryl methyl sites for hydroxylation is 2. The van der Waals surface area contributed by atoms with Gasteiger partial charge in [0.15, 0.2) is 5.76 Å². The number of nitrogens with zero attached hydrogens (tertiary/aromatic N) is 3. The van der Waals surface area contributed by atoms with Crippen LogP contribution in [0.1, 0.15) is 36.3 Å². The molecule has 1 spiro atoms. The van der Waals surface area contributed by atoms with Crippen molar-refractivity contribution in [2.75, 3.05) is 31.5 Å². The van der Waals surface area contributed by atoms with E-state index in [1.165, 1.54) is 12.0 Å². The van der Waals surface area contributed by atoms with Crippen molar-refractivity contribution in [3.63, 3.8) is 0 Å². The maximum absolute atomic E-state index is 12.6. The van der Waals surface area contributed by atoms with Crippen LogP contribution in [-0.2, 0) is 6.54 Å². The Hall–Kier alpha value is -2.34. The summed E-state index contributed by atoms with van der Waals surface area (Å²) < 4.78 is 5.13. The second kappa shape index (κ2) is 7.35. The number of nitrogens with one attached hydrogen (secondary N) is 1. The van der Waals surface area contributed by atoms with E-state index in [9.17, 15) is 4.79 Å². The summed E-state index contributed by atoms with van der Waals surface area (Å²) in [6.07, 6.45) is 3.39. The largest absolute Gasteiger partial charge is 0.359 e. The van der Waals surface area contributed by atoms with E-state index in [1.807, 2.05) is 18.7 Å². The van der Waals surface area contributed by atoms with Gasteiger partial charge in [-0.3, -0.25) is 4.90 Å². The van der Waals surface area contributed by atoms with E-state index in [4.69, 9.17) is 4.52 Å². The van der Waals surface area contributed by atoms with Gasteiger partial charge in [-0.15, -0.1) is 0 Å². The van der Waals surface area contributed by atoms with Gasteiger partial charge in [0.05, 0.1) is 0 Å². The normalized spacial score (nSPS) is 19.6. The smallest absolute Gasteiger partial charge is 0.321 e. The topological polar surface area (TPSA) is 61.6 Å². The van der Waals surface area contributed by atoms with Crippen molar-refractivity contribution in [2.45, 2.75) is 39.7 Å². The number of likely N-dealkylation sites (tertiary alicyclic amines) is 2. The van der Waals surface area contributed by atoms with Crippen LogP contribution in [0, 0.1) is 19.3 Å². The van der Waals surface area contributed by atoms with Crippen molar-refractivity contribution in [1.29, 1.82) is 0 Å². The Kier molecular flexibility index (Phi) is 4.91. The number of hydrogen-bond donors (Lipinski definition) is 1. The van der Waals surface area contributed by atoms with E-state index in [2.05, 4.69) is 45.7 Å². The number of benzene rings is 1. The maximum Gasteiger partial charge on any atom is 0.321 e. The summed E-state index contributed by atoms with van der Waals surface area (Å²) in [4.78, 5) is 17.1. The fourth-order valence-electron chi connectivity index (χ4n) is 4.44. The molecule has 2 saturated heterocycles. The van der Waals surface area contributed by atoms with Crippen molar-refractivity contribution in [3.8, 4) is 0 Å². The zero-order chi connectivity index (χ0) is 18.9. The minimum absolute atomic E-state index is 0.0432. The fourth-order valence-corrected chi connectivity index (χ4v) is 4.44. The average molecular weight is 368 g/mol. The molecule has 27 heavy (non-hydrogen) atoms. The second-order valence-electron chi connectivity index (χ2n) is 8.06. The molecule has 2 amide bonds. The highest BCUT2D eigenvalue weighted by Crippen LogP contribution is 2.41. The van der Waals surface area contributed by atoms with E-state index in [-0.39, 0.29) is 6.03 Å². The summed E-state index contributed by atoms with van der Waals surface area (Å²) in [6, 6.07) is 10.6. The Morgan fingerprint density at radius 3 is 2.52 bits per heavy atom. The van der Waals surface area contributed by atoms with E-state index < -0.39 is 0 Å². The van der Waals surface area contributed by atoms with Crippen LogP contribution in [0.4, 0.5) is 10.5 Å². The lowest BCUT2D eigenvalue weighted by Crippen LogP contribution is -2.45.